The number of carbonyl (C=O) groups is 3. The number of carboxylic acid groups (broad SMARTS) is 1. The van der Waals surface area contributed by atoms with E-state index in [-0.39, 0.29) is 5.78 Å². The number of carboxylic acids is 1. The predicted octanol–water partition coefficient (Wildman–Crippen LogP) is 3.45. The van der Waals surface area contributed by atoms with Gasteiger partial charge in [0.2, 0.25) is 5.50 Å². The molecule has 1 atom stereocenters. The molecule has 0 saturated carbocycles. The van der Waals surface area contributed by atoms with Gasteiger partial charge in [0, 0.05) is 10.4 Å². The molecule has 7 nitrogen and oxygen atoms in total. The number of carbonyl (C=O) groups excluding carboxylic acids is 2. The summed E-state index contributed by atoms with van der Waals surface area (Å²) >= 11 is 7.08. The zero-order chi connectivity index (χ0) is 19.3. The maximum absolute atomic E-state index is 12.8. The smallest absolute Gasteiger partial charge is 0.322 e. The lowest BCUT2D eigenvalue weighted by Gasteiger charge is -2.04. The van der Waals surface area contributed by atoms with Crippen molar-refractivity contribution in [2.45, 2.75) is 19.3 Å². The third-order valence-corrected chi connectivity index (χ3v) is 4.89. The molecule has 0 spiro atoms. The molecular weight excluding hydrogens is 378 g/mol. The molecule has 26 heavy (non-hydrogen) atoms. The van der Waals surface area contributed by atoms with E-state index in [1.807, 2.05) is 19.9 Å². The van der Waals surface area contributed by atoms with Gasteiger partial charge >= 0.3 is 5.97 Å². The van der Waals surface area contributed by atoms with Crippen LogP contribution < -0.4 is 5.32 Å². The van der Waals surface area contributed by atoms with Crippen LogP contribution in [-0.2, 0) is 9.59 Å². The van der Waals surface area contributed by atoms with Gasteiger partial charge in [-0.1, -0.05) is 41.9 Å². The third-order valence-electron chi connectivity index (χ3n) is 3.51. The lowest BCUT2D eigenvalue weighted by Crippen LogP contribution is -2.34. The van der Waals surface area contributed by atoms with Crippen LogP contribution >= 0.6 is 22.9 Å². The van der Waals surface area contributed by atoms with Crippen LogP contribution in [0.3, 0.4) is 0 Å². The van der Waals surface area contributed by atoms with E-state index in [1.54, 1.807) is 24.3 Å². The van der Waals surface area contributed by atoms with Crippen LogP contribution in [0.15, 0.2) is 40.6 Å². The first-order chi connectivity index (χ1) is 12.3. The summed E-state index contributed by atoms with van der Waals surface area (Å²) in [6.07, 6.45) is 0. The predicted molar refractivity (Wildman–Crippen MR) is 98.5 cm³/mol. The molecule has 0 aliphatic heterocycles. The summed E-state index contributed by atoms with van der Waals surface area (Å²) in [4.78, 5) is 35.8. The largest absolute Gasteiger partial charge is 0.480 e. The second kappa shape index (κ2) is 8.68. The molecule has 1 aromatic carbocycles. The van der Waals surface area contributed by atoms with Crippen molar-refractivity contribution >= 4 is 45.6 Å². The van der Waals surface area contributed by atoms with Crippen LogP contribution in [0.2, 0.25) is 0 Å². The van der Waals surface area contributed by atoms with Gasteiger partial charge in [-0.15, -0.1) is 16.5 Å². The van der Waals surface area contributed by atoms with Crippen LogP contribution in [0.1, 0.15) is 26.4 Å². The summed E-state index contributed by atoms with van der Waals surface area (Å²) in [5.74, 6) is -2.17. The average molecular weight is 394 g/mol. The van der Waals surface area contributed by atoms with Crippen LogP contribution in [0.5, 0.6) is 0 Å². The zero-order valence-corrected chi connectivity index (χ0v) is 15.6. The quantitative estimate of drug-likeness (QED) is 0.325. The fourth-order valence-electron chi connectivity index (χ4n) is 2.08. The maximum Gasteiger partial charge on any atom is 0.322 e. The summed E-state index contributed by atoms with van der Waals surface area (Å²) < 4.78 is 0. The highest BCUT2D eigenvalue weighted by atomic mass is 35.5. The number of ketones is 1. The van der Waals surface area contributed by atoms with Crippen molar-refractivity contribution in [3.05, 3.63) is 51.9 Å². The van der Waals surface area contributed by atoms with Crippen LogP contribution in [0, 0.1) is 13.8 Å². The number of halogens is 1. The standard InChI is InChI=1S/C17H16ClN3O4S/c1-9-10(2)26-17(13(9)14(24)11-6-4-3-5-7-11)21-20-15(18)16(25)19-8-12(22)23/h3-7,15H,8H2,1-2H3,(H,19,25)(H,22,23). The lowest BCUT2D eigenvalue weighted by atomic mass is 10.0. The van der Waals surface area contributed by atoms with E-state index in [0.717, 1.165) is 10.4 Å². The third kappa shape index (κ3) is 4.74. The van der Waals surface area contributed by atoms with Gasteiger partial charge in [0.15, 0.2) is 5.78 Å². The molecule has 9 heteroatoms. The normalized spacial score (nSPS) is 12.1. The van der Waals surface area contributed by atoms with E-state index in [1.165, 1.54) is 11.3 Å². The van der Waals surface area contributed by atoms with E-state index >= 15 is 0 Å². The molecule has 0 saturated heterocycles. The summed E-state index contributed by atoms with van der Waals surface area (Å²) in [6, 6.07) is 8.77. The Kier molecular flexibility index (Phi) is 6.59. The molecule has 1 amide bonds. The Bertz CT molecular complexity index is 864. The second-order valence-electron chi connectivity index (χ2n) is 5.32. The minimum absolute atomic E-state index is 0.192. The molecule has 1 aromatic heterocycles. The molecule has 0 aliphatic rings. The summed E-state index contributed by atoms with van der Waals surface area (Å²) in [5, 5.41) is 18.7. The Morgan fingerprint density at radius 3 is 2.50 bits per heavy atom. The topological polar surface area (TPSA) is 108 Å². The van der Waals surface area contributed by atoms with Gasteiger partial charge in [-0.2, -0.15) is 5.11 Å². The van der Waals surface area contributed by atoms with Crippen molar-refractivity contribution in [1.82, 2.24) is 5.32 Å². The Hall–Kier alpha value is -2.58. The Morgan fingerprint density at radius 2 is 1.88 bits per heavy atom. The van der Waals surface area contributed by atoms with E-state index in [2.05, 4.69) is 15.5 Å². The van der Waals surface area contributed by atoms with Gasteiger partial charge in [-0.25, -0.2) is 0 Å². The Balaban J connectivity index is 2.25. The highest BCUT2D eigenvalue weighted by Gasteiger charge is 2.22. The van der Waals surface area contributed by atoms with Crippen molar-refractivity contribution in [3.63, 3.8) is 0 Å². The fourth-order valence-corrected chi connectivity index (χ4v) is 3.19. The first kappa shape index (κ1) is 19.7. The van der Waals surface area contributed by atoms with Gasteiger partial charge in [0.1, 0.15) is 11.5 Å². The number of thiophene rings is 1. The molecule has 0 radical (unpaired) electrons. The Morgan fingerprint density at radius 1 is 1.23 bits per heavy atom. The molecule has 136 valence electrons. The number of hydrogen-bond acceptors (Lipinski definition) is 6. The highest BCUT2D eigenvalue weighted by molar-refractivity contribution is 7.16. The minimum Gasteiger partial charge on any atom is -0.480 e. The minimum atomic E-state index is -1.39. The number of amides is 1. The van der Waals surface area contributed by atoms with Crippen molar-refractivity contribution in [3.8, 4) is 0 Å². The second-order valence-corrected chi connectivity index (χ2v) is 6.94. The van der Waals surface area contributed by atoms with Crippen LogP contribution in [0.25, 0.3) is 0 Å². The number of nitrogens with one attached hydrogen (secondary N) is 1. The number of benzene rings is 1. The van der Waals surface area contributed by atoms with Crippen LogP contribution in [0.4, 0.5) is 5.00 Å². The molecular formula is C17H16ClN3O4S. The summed E-state index contributed by atoms with van der Waals surface area (Å²) in [6.45, 7) is 3.11. The molecule has 2 N–H and O–H groups in total. The van der Waals surface area contributed by atoms with Crippen molar-refractivity contribution in [2.75, 3.05) is 6.54 Å². The molecule has 1 heterocycles. The van der Waals surface area contributed by atoms with Crippen molar-refractivity contribution in [1.29, 1.82) is 0 Å². The first-order valence-electron chi connectivity index (χ1n) is 7.55. The lowest BCUT2D eigenvalue weighted by molar-refractivity contribution is -0.137. The van der Waals surface area contributed by atoms with E-state index in [9.17, 15) is 14.4 Å². The van der Waals surface area contributed by atoms with Gasteiger partial charge < -0.3 is 10.4 Å². The van der Waals surface area contributed by atoms with Crippen molar-refractivity contribution < 1.29 is 19.5 Å². The van der Waals surface area contributed by atoms with Gasteiger partial charge in [0.25, 0.3) is 5.91 Å². The molecule has 2 aromatic rings. The van der Waals surface area contributed by atoms with Crippen LogP contribution in [-0.4, -0.2) is 34.8 Å². The average Bonchev–Trinajstić information content (AvgIpc) is 2.91. The van der Waals surface area contributed by atoms with Gasteiger partial charge in [0.05, 0.1) is 5.56 Å². The number of azo groups is 1. The first-order valence-corrected chi connectivity index (χ1v) is 8.80. The monoisotopic (exact) mass is 393 g/mol. The zero-order valence-electron chi connectivity index (χ0n) is 14.0. The van der Waals surface area contributed by atoms with E-state index in [4.69, 9.17) is 16.7 Å². The number of aliphatic carboxylic acids is 1. The highest BCUT2D eigenvalue weighted by Crippen LogP contribution is 2.36. The molecule has 0 aliphatic carbocycles. The van der Waals surface area contributed by atoms with Gasteiger partial charge in [-0.3, -0.25) is 14.4 Å². The summed E-state index contributed by atoms with van der Waals surface area (Å²) in [7, 11) is 0. The molecule has 0 fully saturated rings. The molecule has 0 bridgehead atoms. The number of aryl methyl sites for hydroxylation is 1. The summed E-state index contributed by atoms with van der Waals surface area (Å²) in [5.41, 5.74) is 0.333. The van der Waals surface area contributed by atoms with Crippen molar-refractivity contribution in [2.24, 2.45) is 10.2 Å². The van der Waals surface area contributed by atoms with Gasteiger partial charge in [-0.05, 0) is 19.4 Å². The van der Waals surface area contributed by atoms with E-state index in [0.29, 0.717) is 16.1 Å². The number of rotatable bonds is 7. The molecule has 2 rings (SSSR count). The Labute approximate surface area is 158 Å². The maximum atomic E-state index is 12.8. The number of nitrogens with zero attached hydrogens (tertiary/aromatic N) is 2. The molecule has 1 unspecified atom stereocenters. The van der Waals surface area contributed by atoms with E-state index < -0.39 is 23.9 Å². The SMILES string of the molecule is Cc1sc(N=NC(Cl)C(=O)NCC(=O)O)c(C(=O)c2ccccc2)c1C. The fraction of sp³-hybridized carbons (Fsp3) is 0.235. The number of hydrogen-bond donors (Lipinski definition) is 2. The number of alkyl halides is 1.